The number of hydrogen-bond donors (Lipinski definition) is 15. The number of phenolic OH excluding ortho intramolecular Hbond substituents is 1. The van der Waals surface area contributed by atoms with Crippen LogP contribution in [0.5, 0.6) is 5.75 Å². The number of rotatable bonds is 16. The molecule has 1 saturated heterocycles. The molecule has 0 unspecified atom stereocenters. The van der Waals surface area contributed by atoms with Crippen molar-refractivity contribution in [3.05, 3.63) is 155 Å². The maximum Gasteiger partial charge on any atom is 0.305 e. The number of halogens is 2. The predicted octanol–water partition coefficient (Wildman–Crippen LogP) is 2.57. The molecule has 2 aliphatic rings. The van der Waals surface area contributed by atoms with E-state index in [4.69, 9.17) is 11.5 Å². The topological polar surface area (TPSA) is 440 Å². The Balaban J connectivity index is 1.07. The normalized spacial score (nSPS) is 22.6. The summed E-state index contributed by atoms with van der Waals surface area (Å²) in [6, 6.07) is 10.0. The molecule has 542 valence electrons. The molecule has 17 N–H and O–H groups in total. The molecule has 0 spiro atoms. The number of fused-ring (bicyclic) bond motifs is 5. The average molecular weight is 1440 g/mol. The number of aromatic hydroxyl groups is 1. The Morgan fingerprint density at radius 3 is 1.84 bits per heavy atom. The minimum absolute atomic E-state index is 0.00901. The van der Waals surface area contributed by atoms with Crippen LogP contribution in [0, 0.1) is 11.6 Å². The van der Waals surface area contributed by atoms with Gasteiger partial charge in [0.25, 0.3) is 0 Å². The van der Waals surface area contributed by atoms with Crippen molar-refractivity contribution in [2.45, 2.75) is 143 Å². The first-order valence-corrected chi connectivity index (χ1v) is 35.7. The van der Waals surface area contributed by atoms with Crippen LogP contribution >= 0.6 is 23.5 Å². The van der Waals surface area contributed by atoms with Crippen LogP contribution in [0.1, 0.15) is 91.8 Å². The molecule has 3 aromatic heterocycles. The summed E-state index contributed by atoms with van der Waals surface area (Å²) in [5.41, 5.74) is 14.1. The van der Waals surface area contributed by atoms with Gasteiger partial charge < -0.3 is 84.1 Å². The van der Waals surface area contributed by atoms with Crippen molar-refractivity contribution in [3.63, 3.8) is 0 Å². The molecule has 102 heavy (non-hydrogen) atoms. The number of hydrogen-bond acceptors (Lipinski definition) is 16. The summed E-state index contributed by atoms with van der Waals surface area (Å²) in [5, 5.41) is 42.3. The van der Waals surface area contributed by atoms with Gasteiger partial charge in [0.1, 0.15) is 65.2 Å². The maximum absolute atomic E-state index is 15.4. The number of H-pyrrole nitrogens is 3. The Bertz CT molecular complexity index is 4180. The zero-order valence-electron chi connectivity index (χ0n) is 55.9. The number of unbranched alkanes of at least 4 members (excludes halogenated alkanes) is 1. The number of thioether (sulfide) groups is 2. The van der Waals surface area contributed by atoms with Crippen LogP contribution in [0.4, 0.5) is 8.78 Å². The number of aliphatic carboxylic acids is 1. The number of phenols is 1. The Labute approximate surface area is 593 Å². The number of aromatic amines is 3. The zero-order chi connectivity index (χ0) is 73.0. The highest BCUT2D eigenvalue weighted by Gasteiger charge is 2.51. The van der Waals surface area contributed by atoms with Crippen LogP contribution in [-0.4, -0.2) is 179 Å². The second-order valence-electron chi connectivity index (χ2n) is 25.2. The predicted molar refractivity (Wildman–Crippen MR) is 376 cm³/mol. The summed E-state index contributed by atoms with van der Waals surface area (Å²) >= 11 is 2.80. The summed E-state index contributed by atoms with van der Waals surface area (Å²) in [5.74, 6) is -10.6. The molecular formula is C70H83F2N15O13S2. The minimum Gasteiger partial charge on any atom is -0.508 e. The van der Waals surface area contributed by atoms with Crippen molar-refractivity contribution in [2.75, 3.05) is 31.1 Å². The molecule has 2 bridgehead atoms. The smallest absolute Gasteiger partial charge is 0.305 e. The summed E-state index contributed by atoms with van der Waals surface area (Å²) in [4.78, 5) is 172. The van der Waals surface area contributed by atoms with Crippen molar-refractivity contribution in [3.8, 4) is 5.75 Å². The van der Waals surface area contributed by atoms with Crippen LogP contribution in [0.25, 0.3) is 21.8 Å². The maximum atomic E-state index is 15.4. The van der Waals surface area contributed by atoms with Gasteiger partial charge in [0.05, 0.1) is 19.3 Å². The Kier molecular flexibility index (Phi) is 26.6. The minimum atomic E-state index is -2.05. The van der Waals surface area contributed by atoms with Gasteiger partial charge in [0.15, 0.2) is 0 Å². The number of carboxylic acids is 1. The number of imidazole rings is 1. The molecule has 0 aliphatic carbocycles. The number of carbonyl (C=O) groups excluding carboxylic acids is 10. The van der Waals surface area contributed by atoms with Crippen LogP contribution in [-0.2, 0) is 89.9 Å². The number of carboxylic acid groups (broad SMARTS) is 1. The first-order valence-electron chi connectivity index (χ1n) is 33.4. The monoisotopic (exact) mass is 1440 g/mol. The summed E-state index contributed by atoms with van der Waals surface area (Å²) < 4.78 is 29.9. The fraction of sp³-hybridized carbons (Fsp3) is 0.400. The summed E-state index contributed by atoms with van der Waals surface area (Å²) in [7, 11) is 0. The summed E-state index contributed by atoms with van der Waals surface area (Å²) in [6.45, 7) is 1.28. The number of nitrogens with one attached hydrogen (secondary N) is 11. The fourth-order valence-corrected chi connectivity index (χ4v) is 14.4. The number of amides is 10. The number of benzene rings is 4. The molecule has 0 radical (unpaired) electrons. The molecule has 5 heterocycles. The van der Waals surface area contributed by atoms with Gasteiger partial charge in [-0.15, -0.1) is 0 Å². The van der Waals surface area contributed by atoms with Crippen molar-refractivity contribution in [1.29, 1.82) is 0 Å². The van der Waals surface area contributed by atoms with E-state index >= 15 is 19.2 Å². The van der Waals surface area contributed by atoms with Gasteiger partial charge in [-0.25, -0.2) is 13.8 Å². The van der Waals surface area contributed by atoms with E-state index in [-0.39, 0.29) is 79.6 Å². The molecule has 9 rings (SSSR count). The van der Waals surface area contributed by atoms with Crippen LogP contribution in [0.15, 0.2) is 110 Å². The SMILES string of the molecule is CC[C@@]12CCCN1C(=O)[C@H](Cc1ccc(O)cc1)NC(=O)[C@H](Cc1cnc[nH]1)NC(=O)[C@H](CC(=O)O)NC(=O)[C@H](Cc1c[nH]c3ccc(F)cc13)NC(=O)[C@H](Cc1c[nH]c3ccc(F)cc13)NC(=O)CNC(=O)[C@H](CCCCN)NC(=O)CCSCc1cccc(c1)CSC[C@@H](C(N)=O)NC2=O. The van der Waals surface area contributed by atoms with Crippen molar-refractivity contribution in [1.82, 2.24) is 67.4 Å². The van der Waals surface area contributed by atoms with Gasteiger partial charge in [-0.3, -0.25) is 52.7 Å². The Morgan fingerprint density at radius 2 is 1.25 bits per heavy atom. The van der Waals surface area contributed by atoms with Gasteiger partial charge in [0.2, 0.25) is 59.1 Å². The molecule has 28 nitrogen and oxygen atoms in total. The third-order valence-electron chi connectivity index (χ3n) is 17.9. The molecule has 32 heteroatoms. The van der Waals surface area contributed by atoms with Crippen LogP contribution in [0.2, 0.25) is 0 Å². The molecule has 4 aromatic carbocycles. The average Bonchev–Trinajstić information content (AvgIpc) is 1.55. The third-order valence-corrected chi connectivity index (χ3v) is 20.1. The number of aromatic nitrogens is 4. The second-order valence-corrected chi connectivity index (χ2v) is 27.3. The first-order chi connectivity index (χ1) is 49.0. The lowest BCUT2D eigenvalue weighted by Gasteiger charge is -2.39. The Morgan fingerprint density at radius 1 is 0.657 bits per heavy atom. The number of carbonyl (C=O) groups is 11. The second kappa shape index (κ2) is 35.8. The summed E-state index contributed by atoms with van der Waals surface area (Å²) in [6.07, 6.45) is 4.54. The van der Waals surface area contributed by atoms with Gasteiger partial charge in [0, 0.05) is 108 Å². The van der Waals surface area contributed by atoms with E-state index in [0.717, 1.165) is 11.1 Å². The van der Waals surface area contributed by atoms with E-state index in [0.29, 0.717) is 70.6 Å². The van der Waals surface area contributed by atoms with Gasteiger partial charge >= 0.3 is 5.97 Å². The lowest BCUT2D eigenvalue weighted by Crippen LogP contribution is -2.64. The van der Waals surface area contributed by atoms with Crippen molar-refractivity contribution in [2.24, 2.45) is 11.5 Å². The molecular weight excluding hydrogens is 1360 g/mol. The van der Waals surface area contributed by atoms with E-state index in [2.05, 4.69) is 62.5 Å². The molecule has 1 fully saturated rings. The highest BCUT2D eigenvalue weighted by molar-refractivity contribution is 7.98. The molecule has 0 saturated carbocycles. The van der Waals surface area contributed by atoms with Gasteiger partial charge in [-0.2, -0.15) is 23.5 Å². The molecule has 2 aliphatic heterocycles. The lowest BCUT2D eigenvalue weighted by molar-refractivity contribution is -0.148. The zero-order valence-corrected chi connectivity index (χ0v) is 57.5. The molecule has 8 atom stereocenters. The van der Waals surface area contributed by atoms with E-state index in [1.165, 1.54) is 114 Å². The first kappa shape index (κ1) is 75.9. The Hall–Kier alpha value is -10.3. The number of nitrogens with two attached hydrogens (primary N) is 2. The van der Waals surface area contributed by atoms with E-state index in [1.807, 2.05) is 24.3 Å². The highest BCUT2D eigenvalue weighted by Crippen LogP contribution is 2.35. The van der Waals surface area contributed by atoms with Gasteiger partial charge in [-0.1, -0.05) is 43.3 Å². The van der Waals surface area contributed by atoms with Crippen molar-refractivity contribution < 1.29 is 71.7 Å². The van der Waals surface area contributed by atoms with Crippen LogP contribution in [0.3, 0.4) is 0 Å². The van der Waals surface area contributed by atoms with Gasteiger partial charge in [-0.05, 0) is 121 Å². The fourth-order valence-electron chi connectivity index (χ4n) is 12.5. The molecule has 7 aromatic rings. The van der Waals surface area contributed by atoms with E-state index < -0.39 is 144 Å². The van der Waals surface area contributed by atoms with E-state index in [9.17, 15) is 52.6 Å². The third kappa shape index (κ3) is 20.4. The van der Waals surface area contributed by atoms with E-state index in [1.54, 1.807) is 6.92 Å². The largest absolute Gasteiger partial charge is 0.508 e. The lowest BCUT2D eigenvalue weighted by atomic mass is 9.90. The number of nitrogens with zero attached hydrogens (tertiary/aromatic N) is 2. The number of primary amides is 1. The molecule has 10 amide bonds. The highest BCUT2D eigenvalue weighted by atomic mass is 32.2. The van der Waals surface area contributed by atoms with Crippen molar-refractivity contribution >= 4 is 110 Å². The quantitative estimate of drug-likeness (QED) is 0.0618. The van der Waals surface area contributed by atoms with Crippen LogP contribution < -0.4 is 54.0 Å². The standard InChI is InChI=1S/C70H83F2N15O13S2/c1-2-70-19-6-21-87(70)68(99)57(24-39-10-14-47(88)15-11-39)85-66(97)55(29-46-33-75-38-79-46)83-67(98)56(30-61(91)92)84-65(96)54(26-43-32-77-51-17-13-45(72)28-49(43)51)82-64(95)53(25-42-31-76-50-16-12-44(71)27-48(42)50)81-60(90)34-78-63(94)52(9-3-4-20-73)80-59(89)18-22-101-35-40-7-5-8-41(23-40)36-102-37-58(62(74)93)86-69(70)100/h5,7-8,10-17,23,27-28,31-33,38,52-58,76-77,88H,2-4,6,9,18-22,24-26,29-30,34-37,73H2,1H3,(H2,74,93)(H,75,79)(H,78,94)(H,80,89)(H,81,90)(H,82,95)(H,83,98)(H,84,96)(H,85,97)(H,86,100)(H,91,92)/t52-,53-,54-,55-,56-,57-,58-,70-/m0/s1.